The van der Waals surface area contributed by atoms with Gasteiger partial charge in [-0.25, -0.2) is 4.98 Å². The van der Waals surface area contributed by atoms with Gasteiger partial charge in [-0.15, -0.1) is 0 Å². The van der Waals surface area contributed by atoms with E-state index in [-0.39, 0.29) is 5.69 Å². The molecule has 10 heteroatoms. The van der Waals surface area contributed by atoms with Crippen LogP contribution in [0.25, 0.3) is 11.3 Å². The quantitative estimate of drug-likeness (QED) is 0.414. The van der Waals surface area contributed by atoms with Gasteiger partial charge in [-0.1, -0.05) is 12.1 Å². The molecule has 1 amide bonds. The van der Waals surface area contributed by atoms with E-state index < -0.39 is 23.6 Å². The molecule has 0 saturated carbocycles. The predicted octanol–water partition coefficient (Wildman–Crippen LogP) is 3.40. The molecule has 27 heavy (non-hydrogen) atoms. The molecule has 0 aliphatic rings. The van der Waals surface area contributed by atoms with Gasteiger partial charge >= 0.3 is 6.18 Å². The summed E-state index contributed by atoms with van der Waals surface area (Å²) in [6.45, 7) is 0. The second-order valence-corrected chi connectivity index (χ2v) is 5.56. The van der Waals surface area contributed by atoms with Crippen LogP contribution in [0, 0.1) is 5.95 Å². The first-order chi connectivity index (χ1) is 12.7. The van der Waals surface area contributed by atoms with Crippen LogP contribution in [0.4, 0.5) is 23.2 Å². The second kappa shape index (κ2) is 7.06. The average Bonchev–Trinajstić information content (AvgIpc) is 3.02. The molecular formula is C17H13F4N5O. The number of hydrazine groups is 1. The largest absolute Gasteiger partial charge is 0.416 e. The van der Waals surface area contributed by atoms with Gasteiger partial charge in [-0.05, 0) is 30.3 Å². The molecule has 0 unspecified atom stereocenters. The Labute approximate surface area is 150 Å². The third-order valence-corrected chi connectivity index (χ3v) is 3.67. The topological polar surface area (TPSA) is 71.8 Å². The summed E-state index contributed by atoms with van der Waals surface area (Å²) in [6, 6.07) is 8.44. The van der Waals surface area contributed by atoms with Crippen molar-refractivity contribution in [1.82, 2.24) is 20.2 Å². The van der Waals surface area contributed by atoms with Crippen LogP contribution < -0.4 is 10.9 Å². The van der Waals surface area contributed by atoms with Gasteiger partial charge in [-0.3, -0.25) is 20.3 Å². The van der Waals surface area contributed by atoms with E-state index in [1.807, 2.05) is 0 Å². The summed E-state index contributed by atoms with van der Waals surface area (Å²) in [6.07, 6.45) is -3.22. The fraction of sp³-hybridized carbons (Fsp3) is 0.118. The highest BCUT2D eigenvalue weighted by Gasteiger charge is 2.30. The molecule has 0 radical (unpaired) electrons. The number of hydrogen-bond acceptors (Lipinski definition) is 4. The van der Waals surface area contributed by atoms with Crippen LogP contribution in [-0.4, -0.2) is 20.7 Å². The first-order valence-electron chi connectivity index (χ1n) is 7.63. The molecule has 0 fully saturated rings. The van der Waals surface area contributed by atoms with Crippen LogP contribution >= 0.6 is 0 Å². The van der Waals surface area contributed by atoms with Gasteiger partial charge < -0.3 is 0 Å². The molecule has 0 spiro atoms. The summed E-state index contributed by atoms with van der Waals surface area (Å²) in [7, 11) is 1.53. The number of aryl methyl sites for hydroxylation is 1. The van der Waals surface area contributed by atoms with Crippen molar-refractivity contribution in [3.63, 3.8) is 0 Å². The maximum atomic E-state index is 12.8. The van der Waals surface area contributed by atoms with E-state index in [9.17, 15) is 22.4 Å². The molecule has 0 atom stereocenters. The number of hydrogen-bond donors (Lipinski definition) is 2. The fourth-order valence-electron chi connectivity index (χ4n) is 2.29. The number of carbonyl (C=O) groups excluding carboxylic acids is 1. The third kappa shape index (κ3) is 4.22. The van der Waals surface area contributed by atoms with E-state index in [0.29, 0.717) is 16.9 Å². The van der Waals surface area contributed by atoms with Crippen LogP contribution in [0.2, 0.25) is 0 Å². The molecule has 2 heterocycles. The Morgan fingerprint density at radius 3 is 2.41 bits per heavy atom. The number of benzene rings is 1. The lowest BCUT2D eigenvalue weighted by Gasteiger charge is -2.07. The van der Waals surface area contributed by atoms with Crippen LogP contribution in [0.3, 0.4) is 0 Å². The van der Waals surface area contributed by atoms with Crippen molar-refractivity contribution in [1.29, 1.82) is 0 Å². The lowest BCUT2D eigenvalue weighted by atomic mass is 10.1. The van der Waals surface area contributed by atoms with Gasteiger partial charge in [0.25, 0.3) is 5.91 Å². The summed E-state index contributed by atoms with van der Waals surface area (Å²) < 4.78 is 52.0. The van der Waals surface area contributed by atoms with Crippen LogP contribution in [0.1, 0.15) is 16.1 Å². The number of pyridine rings is 1. The van der Waals surface area contributed by atoms with Gasteiger partial charge in [0.15, 0.2) is 0 Å². The SMILES string of the molecule is Cn1nc(-c2ccc(C(F)(F)F)cc2)cc1C(=O)NNc1ccc(F)nc1. The lowest BCUT2D eigenvalue weighted by molar-refractivity contribution is -0.137. The van der Waals surface area contributed by atoms with Crippen molar-refractivity contribution in [2.75, 3.05) is 5.43 Å². The average molecular weight is 379 g/mol. The zero-order chi connectivity index (χ0) is 19.6. The molecule has 0 aliphatic heterocycles. The number of alkyl halides is 3. The van der Waals surface area contributed by atoms with Crippen molar-refractivity contribution in [3.05, 3.63) is 65.9 Å². The molecule has 140 valence electrons. The Morgan fingerprint density at radius 2 is 1.81 bits per heavy atom. The van der Waals surface area contributed by atoms with E-state index in [1.165, 1.54) is 42.2 Å². The fourth-order valence-corrected chi connectivity index (χ4v) is 2.29. The number of aromatic nitrogens is 3. The molecule has 1 aromatic carbocycles. The molecule has 0 bridgehead atoms. The first-order valence-corrected chi connectivity index (χ1v) is 7.63. The number of halogens is 4. The highest BCUT2D eigenvalue weighted by molar-refractivity contribution is 5.94. The van der Waals surface area contributed by atoms with Crippen LogP contribution in [0.5, 0.6) is 0 Å². The van der Waals surface area contributed by atoms with Crippen molar-refractivity contribution < 1.29 is 22.4 Å². The van der Waals surface area contributed by atoms with Crippen molar-refractivity contribution in [2.45, 2.75) is 6.18 Å². The molecule has 0 saturated heterocycles. The molecular weight excluding hydrogens is 366 g/mol. The molecule has 2 aromatic heterocycles. The highest BCUT2D eigenvalue weighted by Crippen LogP contribution is 2.30. The maximum Gasteiger partial charge on any atom is 0.416 e. The first kappa shape index (κ1) is 18.4. The molecule has 6 nitrogen and oxygen atoms in total. The van der Waals surface area contributed by atoms with E-state index in [2.05, 4.69) is 20.9 Å². The zero-order valence-corrected chi connectivity index (χ0v) is 13.9. The normalized spacial score (nSPS) is 11.3. The number of rotatable bonds is 4. The Hall–Kier alpha value is -3.43. The molecule has 3 rings (SSSR count). The number of amides is 1. The third-order valence-electron chi connectivity index (χ3n) is 3.67. The minimum Gasteiger partial charge on any atom is -0.297 e. The number of carbonyl (C=O) groups is 1. The minimum atomic E-state index is -4.42. The van der Waals surface area contributed by atoms with Crippen molar-refractivity contribution >= 4 is 11.6 Å². The lowest BCUT2D eigenvalue weighted by Crippen LogP contribution is -2.30. The maximum absolute atomic E-state index is 12.8. The predicted molar refractivity (Wildman–Crippen MR) is 88.9 cm³/mol. The number of nitrogens with zero attached hydrogens (tertiary/aromatic N) is 3. The van der Waals surface area contributed by atoms with Crippen molar-refractivity contribution in [3.8, 4) is 11.3 Å². The van der Waals surface area contributed by atoms with Gasteiger partial charge in [0.1, 0.15) is 5.69 Å². The highest BCUT2D eigenvalue weighted by atomic mass is 19.4. The summed E-state index contributed by atoms with van der Waals surface area (Å²) >= 11 is 0. The smallest absolute Gasteiger partial charge is 0.297 e. The second-order valence-electron chi connectivity index (χ2n) is 5.56. The van der Waals surface area contributed by atoms with Gasteiger partial charge in [-0.2, -0.15) is 22.7 Å². The number of anilines is 1. The standard InChI is InChI=1S/C17H13F4N5O/c1-26-14(16(27)24-23-12-6-7-15(18)22-9-12)8-13(25-26)10-2-4-11(5-3-10)17(19,20)21/h2-9,23H,1H3,(H,24,27). The Bertz CT molecular complexity index is 949. The van der Waals surface area contributed by atoms with Gasteiger partial charge in [0.05, 0.1) is 23.1 Å². The molecule has 2 N–H and O–H groups in total. The van der Waals surface area contributed by atoms with Gasteiger partial charge in [0, 0.05) is 12.6 Å². The molecule has 0 aliphatic carbocycles. The van der Waals surface area contributed by atoms with Crippen molar-refractivity contribution in [2.24, 2.45) is 7.05 Å². The summed E-state index contributed by atoms with van der Waals surface area (Å²) in [5.41, 5.74) is 5.55. The van der Waals surface area contributed by atoms with E-state index in [0.717, 1.165) is 18.2 Å². The Morgan fingerprint density at radius 1 is 1.11 bits per heavy atom. The summed E-state index contributed by atoms with van der Waals surface area (Å²) in [5, 5.41) is 4.15. The molecule has 3 aromatic rings. The monoisotopic (exact) mass is 379 g/mol. The summed E-state index contributed by atoms with van der Waals surface area (Å²) in [5.74, 6) is -1.19. The van der Waals surface area contributed by atoms with Crippen LogP contribution in [0.15, 0.2) is 48.7 Å². The van der Waals surface area contributed by atoms with Gasteiger partial charge in [0.2, 0.25) is 5.95 Å². The van der Waals surface area contributed by atoms with E-state index >= 15 is 0 Å². The number of nitrogens with one attached hydrogen (secondary N) is 2. The van der Waals surface area contributed by atoms with E-state index in [4.69, 9.17) is 0 Å². The Kier molecular flexibility index (Phi) is 4.80. The Balaban J connectivity index is 1.73. The van der Waals surface area contributed by atoms with E-state index in [1.54, 1.807) is 0 Å². The summed E-state index contributed by atoms with van der Waals surface area (Å²) in [4.78, 5) is 15.7. The minimum absolute atomic E-state index is 0.174. The zero-order valence-electron chi connectivity index (χ0n) is 13.9. The van der Waals surface area contributed by atoms with Crippen LogP contribution in [-0.2, 0) is 13.2 Å².